The molecule has 0 aliphatic heterocycles. The highest BCUT2D eigenvalue weighted by atomic mass is 35.5. The van der Waals surface area contributed by atoms with Gasteiger partial charge in [-0.05, 0) is 19.8 Å². The van der Waals surface area contributed by atoms with Crippen LogP contribution in [0.4, 0.5) is 0 Å². The lowest BCUT2D eigenvalue weighted by Gasteiger charge is -2.16. The molecule has 4 heteroatoms. The molecule has 1 unspecified atom stereocenters. The predicted molar refractivity (Wildman–Crippen MR) is 39.8 cm³/mol. The van der Waals surface area contributed by atoms with E-state index in [0.29, 0.717) is 12.8 Å². The van der Waals surface area contributed by atoms with Crippen molar-refractivity contribution in [1.29, 1.82) is 0 Å². The van der Waals surface area contributed by atoms with Crippen molar-refractivity contribution >= 4 is 17.5 Å². The Labute approximate surface area is 65.2 Å². The molecule has 1 amide bonds. The van der Waals surface area contributed by atoms with Crippen molar-refractivity contribution in [3.8, 4) is 0 Å². The molecule has 0 saturated carbocycles. The normalized spacial score (nSPS) is 16.3. The Kier molecular flexibility index (Phi) is 3.68. The number of carbonyl (C=O) groups excluding carboxylic acids is 1. The van der Waals surface area contributed by atoms with E-state index in [1.807, 2.05) is 0 Å². The molecule has 0 rings (SSSR count). The van der Waals surface area contributed by atoms with Gasteiger partial charge in [0.15, 0.2) is 0 Å². The minimum atomic E-state index is -0.997. The summed E-state index contributed by atoms with van der Waals surface area (Å²) in [6.45, 7) is 1.59. The number of aliphatic hydroxyl groups is 1. The molecule has 60 valence electrons. The van der Waals surface area contributed by atoms with Crippen molar-refractivity contribution in [3.63, 3.8) is 0 Å². The summed E-state index contributed by atoms with van der Waals surface area (Å²) in [5, 5.41) is 8.40. The Morgan fingerprint density at radius 2 is 2.30 bits per heavy atom. The van der Waals surface area contributed by atoms with Crippen LogP contribution in [0.5, 0.6) is 0 Å². The maximum absolute atomic E-state index is 10.5. The first-order valence-corrected chi connectivity index (χ1v) is 3.48. The van der Waals surface area contributed by atoms with Gasteiger partial charge in [-0.25, -0.2) is 0 Å². The summed E-state index contributed by atoms with van der Waals surface area (Å²) in [5.74, 6) is -0.539. The van der Waals surface area contributed by atoms with Gasteiger partial charge in [-0.2, -0.15) is 0 Å². The van der Waals surface area contributed by atoms with Crippen molar-refractivity contribution in [2.75, 3.05) is 6.61 Å². The second-order valence-electron chi connectivity index (χ2n) is 2.39. The third kappa shape index (κ3) is 3.03. The van der Waals surface area contributed by atoms with Crippen LogP contribution in [-0.4, -0.2) is 22.5 Å². The second kappa shape index (κ2) is 3.78. The van der Waals surface area contributed by atoms with Gasteiger partial charge in [-0.1, -0.05) is 0 Å². The van der Waals surface area contributed by atoms with Crippen LogP contribution in [-0.2, 0) is 4.79 Å². The van der Waals surface area contributed by atoms with Gasteiger partial charge in [-0.3, -0.25) is 4.79 Å². The van der Waals surface area contributed by atoms with Gasteiger partial charge in [0.05, 0.1) is 0 Å². The highest BCUT2D eigenvalue weighted by Gasteiger charge is 2.26. The van der Waals surface area contributed by atoms with E-state index in [4.69, 9.17) is 22.4 Å². The van der Waals surface area contributed by atoms with Gasteiger partial charge in [0.2, 0.25) is 5.91 Å². The highest BCUT2D eigenvalue weighted by molar-refractivity contribution is 6.34. The van der Waals surface area contributed by atoms with E-state index in [-0.39, 0.29) is 6.61 Å². The van der Waals surface area contributed by atoms with Gasteiger partial charge in [0.25, 0.3) is 0 Å². The van der Waals surface area contributed by atoms with Gasteiger partial charge >= 0.3 is 0 Å². The van der Waals surface area contributed by atoms with Crippen LogP contribution in [0.3, 0.4) is 0 Å². The zero-order valence-electron chi connectivity index (χ0n) is 5.93. The first-order chi connectivity index (χ1) is 4.50. The maximum Gasteiger partial charge on any atom is 0.238 e. The molecule has 3 N–H and O–H groups in total. The molecule has 0 aromatic rings. The van der Waals surface area contributed by atoms with Crippen LogP contribution in [0.1, 0.15) is 19.8 Å². The first kappa shape index (κ1) is 9.72. The van der Waals surface area contributed by atoms with E-state index in [1.165, 1.54) is 0 Å². The van der Waals surface area contributed by atoms with E-state index < -0.39 is 10.8 Å². The minimum absolute atomic E-state index is 0.0373. The van der Waals surface area contributed by atoms with Crippen molar-refractivity contribution in [3.05, 3.63) is 0 Å². The van der Waals surface area contributed by atoms with Crippen LogP contribution in [0.25, 0.3) is 0 Å². The zero-order valence-corrected chi connectivity index (χ0v) is 6.69. The Morgan fingerprint density at radius 1 is 1.80 bits per heavy atom. The SMILES string of the molecule is CC(Cl)(CCCO)C(N)=O. The van der Waals surface area contributed by atoms with Crippen LogP contribution in [0, 0.1) is 0 Å². The number of carbonyl (C=O) groups is 1. The van der Waals surface area contributed by atoms with Crippen molar-refractivity contribution in [1.82, 2.24) is 0 Å². The average molecular weight is 166 g/mol. The number of nitrogens with two attached hydrogens (primary N) is 1. The Hall–Kier alpha value is -0.280. The van der Waals surface area contributed by atoms with E-state index in [1.54, 1.807) is 6.92 Å². The Balaban J connectivity index is 3.75. The lowest BCUT2D eigenvalue weighted by atomic mass is 10.0. The number of primary amides is 1. The third-order valence-corrected chi connectivity index (χ3v) is 1.69. The van der Waals surface area contributed by atoms with Crippen LogP contribution in [0.15, 0.2) is 0 Å². The molecule has 0 saturated heterocycles. The molecule has 10 heavy (non-hydrogen) atoms. The molecule has 0 aromatic heterocycles. The quantitative estimate of drug-likeness (QED) is 0.587. The van der Waals surface area contributed by atoms with Gasteiger partial charge < -0.3 is 10.8 Å². The number of halogens is 1. The summed E-state index contributed by atoms with van der Waals surface area (Å²) < 4.78 is 0. The first-order valence-electron chi connectivity index (χ1n) is 3.10. The molecule has 0 heterocycles. The number of alkyl halides is 1. The molecule has 0 radical (unpaired) electrons. The van der Waals surface area contributed by atoms with Crippen LogP contribution in [0.2, 0.25) is 0 Å². The van der Waals surface area contributed by atoms with Gasteiger partial charge in [0, 0.05) is 6.61 Å². The summed E-state index contributed by atoms with van der Waals surface area (Å²) in [6, 6.07) is 0. The fraction of sp³-hybridized carbons (Fsp3) is 0.833. The van der Waals surface area contributed by atoms with Crippen molar-refractivity contribution in [2.24, 2.45) is 5.73 Å². The highest BCUT2D eigenvalue weighted by Crippen LogP contribution is 2.19. The Bertz CT molecular complexity index is 125. The zero-order chi connectivity index (χ0) is 8.20. The van der Waals surface area contributed by atoms with E-state index in [9.17, 15) is 4.79 Å². The van der Waals surface area contributed by atoms with Gasteiger partial charge in [-0.15, -0.1) is 11.6 Å². The summed E-state index contributed by atoms with van der Waals surface area (Å²) >= 11 is 5.66. The molecule has 0 aliphatic rings. The molecular formula is C6H12ClNO2. The number of rotatable bonds is 4. The fourth-order valence-electron chi connectivity index (χ4n) is 0.534. The standard InChI is InChI=1S/C6H12ClNO2/c1-6(7,5(8)10)3-2-4-9/h9H,2-4H2,1H3,(H2,8,10). The summed E-state index contributed by atoms with van der Waals surface area (Å²) in [6.07, 6.45) is 0.920. The average Bonchev–Trinajstić information content (AvgIpc) is 1.84. The summed E-state index contributed by atoms with van der Waals surface area (Å²) in [7, 11) is 0. The topological polar surface area (TPSA) is 63.3 Å². The smallest absolute Gasteiger partial charge is 0.238 e. The van der Waals surface area contributed by atoms with Crippen molar-refractivity contribution in [2.45, 2.75) is 24.6 Å². The number of amides is 1. The van der Waals surface area contributed by atoms with Crippen molar-refractivity contribution < 1.29 is 9.90 Å². The third-order valence-electron chi connectivity index (χ3n) is 1.32. The molecule has 3 nitrogen and oxygen atoms in total. The van der Waals surface area contributed by atoms with Crippen LogP contribution < -0.4 is 5.73 Å². The lowest BCUT2D eigenvalue weighted by Crippen LogP contribution is -2.35. The minimum Gasteiger partial charge on any atom is -0.396 e. The lowest BCUT2D eigenvalue weighted by molar-refractivity contribution is -0.120. The Morgan fingerprint density at radius 3 is 2.60 bits per heavy atom. The van der Waals surface area contributed by atoms with Gasteiger partial charge in [0.1, 0.15) is 4.87 Å². The number of aliphatic hydroxyl groups excluding tert-OH is 1. The number of hydrogen-bond acceptors (Lipinski definition) is 2. The molecule has 0 fully saturated rings. The molecular weight excluding hydrogens is 154 g/mol. The predicted octanol–water partition coefficient (Wildman–Crippen LogP) is 0.242. The summed E-state index contributed by atoms with van der Waals surface area (Å²) in [4.78, 5) is 9.54. The molecule has 1 atom stereocenters. The van der Waals surface area contributed by atoms with E-state index >= 15 is 0 Å². The second-order valence-corrected chi connectivity index (χ2v) is 3.22. The van der Waals surface area contributed by atoms with Crippen LogP contribution >= 0.6 is 11.6 Å². The fourth-order valence-corrected chi connectivity index (χ4v) is 0.668. The van der Waals surface area contributed by atoms with E-state index in [0.717, 1.165) is 0 Å². The molecule has 0 spiro atoms. The monoisotopic (exact) mass is 165 g/mol. The summed E-state index contributed by atoms with van der Waals surface area (Å²) in [5.41, 5.74) is 4.96. The molecule has 0 aromatic carbocycles. The maximum atomic E-state index is 10.5. The van der Waals surface area contributed by atoms with E-state index in [2.05, 4.69) is 0 Å². The molecule has 0 aliphatic carbocycles. The largest absolute Gasteiger partial charge is 0.396 e. The molecule has 0 bridgehead atoms. The number of hydrogen-bond donors (Lipinski definition) is 2.